The molecular weight excluding hydrogens is 406 g/mol. The number of hydrogen-bond donors (Lipinski definition) is 1. The first-order chi connectivity index (χ1) is 12.2. The summed E-state index contributed by atoms with van der Waals surface area (Å²) in [7, 11) is -3.52. The van der Waals surface area contributed by atoms with Gasteiger partial charge in [-0.15, -0.1) is 24.2 Å². The largest absolute Gasteiger partial charge is 0.339 e. The van der Waals surface area contributed by atoms with Gasteiger partial charge in [-0.1, -0.05) is 32.9 Å². The van der Waals surface area contributed by atoms with E-state index in [0.717, 1.165) is 17.2 Å². The first-order valence-corrected chi connectivity index (χ1v) is 11.5. The zero-order valence-electron chi connectivity index (χ0n) is 16.0. The summed E-state index contributed by atoms with van der Waals surface area (Å²) >= 11 is 1.71. The number of piperazine rings is 1. The van der Waals surface area contributed by atoms with E-state index in [1.54, 1.807) is 28.8 Å². The van der Waals surface area contributed by atoms with Crippen LogP contribution in [0.15, 0.2) is 29.2 Å². The number of rotatable bonds is 3. The highest BCUT2D eigenvalue weighted by atomic mass is 35.5. The molecule has 2 fully saturated rings. The van der Waals surface area contributed by atoms with E-state index in [1.165, 1.54) is 4.31 Å². The summed E-state index contributed by atoms with van der Waals surface area (Å²) in [6, 6.07) is 7.01. The lowest BCUT2D eigenvalue weighted by Crippen LogP contribution is -2.54. The SMILES string of the molecule is CC(C)(C)c1ccc(S(=O)(=O)N2CCN(C(=O)C3CSCN3)CC2)cc1.Cl. The maximum absolute atomic E-state index is 12.9. The lowest BCUT2D eigenvalue weighted by atomic mass is 9.87. The van der Waals surface area contributed by atoms with Crippen molar-refractivity contribution >= 4 is 40.1 Å². The van der Waals surface area contributed by atoms with Crippen molar-refractivity contribution in [2.45, 2.75) is 37.1 Å². The van der Waals surface area contributed by atoms with Crippen molar-refractivity contribution in [1.82, 2.24) is 14.5 Å². The van der Waals surface area contributed by atoms with E-state index in [0.29, 0.717) is 31.1 Å². The van der Waals surface area contributed by atoms with Crippen LogP contribution < -0.4 is 5.32 Å². The maximum Gasteiger partial charge on any atom is 0.243 e. The normalized spacial score (nSPS) is 21.7. The summed E-state index contributed by atoms with van der Waals surface area (Å²) in [6.45, 7) is 7.88. The van der Waals surface area contributed by atoms with Gasteiger partial charge in [0, 0.05) is 37.8 Å². The predicted molar refractivity (Wildman–Crippen MR) is 112 cm³/mol. The molecule has 1 aromatic rings. The first-order valence-electron chi connectivity index (χ1n) is 8.90. The molecule has 2 aliphatic rings. The Morgan fingerprint density at radius 1 is 1.11 bits per heavy atom. The Labute approximate surface area is 172 Å². The molecule has 3 rings (SSSR count). The molecule has 0 bridgehead atoms. The highest BCUT2D eigenvalue weighted by Gasteiger charge is 2.33. The minimum absolute atomic E-state index is 0. The molecule has 1 amide bonds. The highest BCUT2D eigenvalue weighted by molar-refractivity contribution is 7.99. The van der Waals surface area contributed by atoms with E-state index < -0.39 is 10.0 Å². The molecule has 2 heterocycles. The molecule has 9 heteroatoms. The summed E-state index contributed by atoms with van der Waals surface area (Å²) in [5.74, 6) is 1.67. The molecule has 0 aromatic heterocycles. The fourth-order valence-corrected chi connectivity index (χ4v) is 5.55. The summed E-state index contributed by atoms with van der Waals surface area (Å²) in [5.41, 5.74) is 1.09. The molecule has 0 aliphatic carbocycles. The van der Waals surface area contributed by atoms with Crippen molar-refractivity contribution < 1.29 is 13.2 Å². The van der Waals surface area contributed by atoms with Gasteiger partial charge in [0.05, 0.1) is 10.9 Å². The van der Waals surface area contributed by atoms with Gasteiger partial charge in [-0.2, -0.15) is 4.31 Å². The average molecular weight is 434 g/mol. The molecule has 2 aliphatic heterocycles. The van der Waals surface area contributed by atoms with Crippen molar-refractivity contribution in [2.24, 2.45) is 0 Å². The van der Waals surface area contributed by atoms with Crippen molar-refractivity contribution in [3.05, 3.63) is 29.8 Å². The van der Waals surface area contributed by atoms with E-state index in [9.17, 15) is 13.2 Å². The van der Waals surface area contributed by atoms with Crippen LogP contribution >= 0.6 is 24.2 Å². The number of carbonyl (C=O) groups is 1. The Balaban J connectivity index is 0.00000261. The third-order valence-electron chi connectivity index (χ3n) is 4.92. The van der Waals surface area contributed by atoms with Gasteiger partial charge in [-0.25, -0.2) is 8.42 Å². The summed E-state index contributed by atoms with van der Waals surface area (Å²) in [5, 5.41) is 3.18. The average Bonchev–Trinajstić information content (AvgIpc) is 3.15. The lowest BCUT2D eigenvalue weighted by molar-refractivity contribution is -0.133. The van der Waals surface area contributed by atoms with Crippen LogP contribution in [0.1, 0.15) is 26.3 Å². The number of sulfonamides is 1. The number of carbonyl (C=O) groups excluding carboxylic acids is 1. The van der Waals surface area contributed by atoms with Crippen LogP contribution in [0.5, 0.6) is 0 Å². The van der Waals surface area contributed by atoms with Gasteiger partial charge < -0.3 is 4.90 Å². The molecule has 0 spiro atoms. The van der Waals surface area contributed by atoms with E-state index in [-0.39, 0.29) is 29.8 Å². The third kappa shape index (κ3) is 4.98. The molecule has 1 unspecified atom stereocenters. The fraction of sp³-hybridized carbons (Fsp3) is 0.611. The van der Waals surface area contributed by atoms with Gasteiger partial charge in [0.15, 0.2) is 0 Å². The van der Waals surface area contributed by atoms with Crippen LogP contribution in [0.25, 0.3) is 0 Å². The zero-order chi connectivity index (χ0) is 18.9. The molecule has 1 N–H and O–H groups in total. The Kier molecular flexibility index (Phi) is 7.24. The lowest BCUT2D eigenvalue weighted by Gasteiger charge is -2.35. The Morgan fingerprint density at radius 3 is 2.19 bits per heavy atom. The molecule has 2 saturated heterocycles. The summed E-state index contributed by atoms with van der Waals surface area (Å²) < 4.78 is 27.3. The topological polar surface area (TPSA) is 69.7 Å². The van der Waals surface area contributed by atoms with Crippen LogP contribution in [-0.4, -0.2) is 67.4 Å². The van der Waals surface area contributed by atoms with Crippen LogP contribution in [0, 0.1) is 0 Å². The van der Waals surface area contributed by atoms with Crippen LogP contribution in [0.3, 0.4) is 0 Å². The van der Waals surface area contributed by atoms with Gasteiger partial charge in [0.1, 0.15) is 0 Å². The van der Waals surface area contributed by atoms with Crippen molar-refractivity contribution in [2.75, 3.05) is 37.8 Å². The molecule has 1 atom stereocenters. The van der Waals surface area contributed by atoms with Gasteiger partial charge in [0.25, 0.3) is 0 Å². The predicted octanol–water partition coefficient (Wildman–Crippen LogP) is 1.90. The van der Waals surface area contributed by atoms with Gasteiger partial charge in [0.2, 0.25) is 15.9 Å². The second kappa shape index (κ2) is 8.69. The standard InChI is InChI=1S/C18H27N3O3S2.ClH/c1-18(2,3)14-4-6-15(7-5-14)26(23,24)21-10-8-20(9-11-21)17(22)16-12-25-13-19-16;/h4-7,16,19H,8-13H2,1-3H3;1H. The zero-order valence-corrected chi connectivity index (χ0v) is 18.4. The monoisotopic (exact) mass is 433 g/mol. The number of benzene rings is 1. The van der Waals surface area contributed by atoms with E-state index >= 15 is 0 Å². The van der Waals surface area contributed by atoms with Gasteiger partial charge in [-0.05, 0) is 23.1 Å². The number of amides is 1. The molecule has 1 aromatic carbocycles. The second-order valence-corrected chi connectivity index (χ2v) is 10.7. The molecule has 6 nitrogen and oxygen atoms in total. The molecule has 0 radical (unpaired) electrons. The first kappa shape index (κ1) is 22.5. The number of nitrogens with zero attached hydrogens (tertiary/aromatic N) is 2. The van der Waals surface area contributed by atoms with E-state index in [4.69, 9.17) is 0 Å². The molecule has 27 heavy (non-hydrogen) atoms. The molecular formula is C18H28ClN3O3S2. The van der Waals surface area contributed by atoms with Crippen molar-refractivity contribution in [1.29, 1.82) is 0 Å². The molecule has 152 valence electrons. The number of halogens is 1. The molecule has 0 saturated carbocycles. The second-order valence-electron chi connectivity index (χ2n) is 7.78. The minimum atomic E-state index is -3.52. The quantitative estimate of drug-likeness (QED) is 0.788. The number of thioether (sulfide) groups is 1. The number of hydrogen-bond acceptors (Lipinski definition) is 5. The van der Waals surface area contributed by atoms with Crippen molar-refractivity contribution in [3.63, 3.8) is 0 Å². The Hall–Kier alpha value is -0.800. The van der Waals surface area contributed by atoms with E-state index in [1.807, 2.05) is 12.1 Å². The number of nitrogens with one attached hydrogen (secondary N) is 1. The Morgan fingerprint density at radius 2 is 1.70 bits per heavy atom. The maximum atomic E-state index is 12.9. The Bertz CT molecular complexity index is 749. The van der Waals surface area contributed by atoms with Crippen LogP contribution in [0.4, 0.5) is 0 Å². The van der Waals surface area contributed by atoms with Crippen LogP contribution in [0.2, 0.25) is 0 Å². The third-order valence-corrected chi connectivity index (χ3v) is 7.78. The van der Waals surface area contributed by atoms with Gasteiger partial charge in [-0.3, -0.25) is 10.1 Å². The summed E-state index contributed by atoms with van der Waals surface area (Å²) in [4.78, 5) is 14.5. The van der Waals surface area contributed by atoms with Crippen molar-refractivity contribution in [3.8, 4) is 0 Å². The van der Waals surface area contributed by atoms with Crippen LogP contribution in [-0.2, 0) is 20.2 Å². The fourth-order valence-electron chi connectivity index (χ4n) is 3.20. The smallest absolute Gasteiger partial charge is 0.243 e. The minimum Gasteiger partial charge on any atom is -0.339 e. The summed E-state index contributed by atoms with van der Waals surface area (Å²) in [6.07, 6.45) is 0. The van der Waals surface area contributed by atoms with E-state index in [2.05, 4.69) is 26.1 Å². The highest BCUT2D eigenvalue weighted by Crippen LogP contribution is 2.25. The van der Waals surface area contributed by atoms with Gasteiger partial charge >= 0.3 is 0 Å².